The molecule has 1 aromatic rings. The van der Waals surface area contributed by atoms with E-state index in [-0.39, 0.29) is 17.6 Å². The Bertz CT molecular complexity index is 423. The van der Waals surface area contributed by atoms with Crippen LogP contribution in [-0.2, 0) is 9.59 Å². The van der Waals surface area contributed by atoms with Gasteiger partial charge in [0.1, 0.15) is 0 Å². The van der Waals surface area contributed by atoms with Gasteiger partial charge < -0.3 is 0 Å². The van der Waals surface area contributed by atoms with Gasteiger partial charge in [0.15, 0.2) is 5.78 Å². The molecule has 5 heteroatoms. The maximum absolute atomic E-state index is 11.7. The zero-order valence-electron chi connectivity index (χ0n) is 9.35. The highest BCUT2D eigenvalue weighted by atomic mass is 32.1. The van der Waals surface area contributed by atoms with Gasteiger partial charge in [-0.25, -0.2) is 0 Å². The third-order valence-electron chi connectivity index (χ3n) is 2.74. The van der Waals surface area contributed by atoms with Gasteiger partial charge in [0.2, 0.25) is 11.8 Å². The van der Waals surface area contributed by atoms with E-state index >= 15 is 0 Å². The van der Waals surface area contributed by atoms with Crippen LogP contribution >= 0.6 is 11.3 Å². The largest absolute Gasteiger partial charge is 0.293 e. The minimum absolute atomic E-state index is 0.0825. The highest BCUT2D eigenvalue weighted by Gasteiger charge is 2.28. The van der Waals surface area contributed by atoms with E-state index in [9.17, 15) is 14.4 Å². The fourth-order valence-corrected chi connectivity index (χ4v) is 2.52. The lowest BCUT2D eigenvalue weighted by atomic mass is 10.2. The smallest absolute Gasteiger partial charge is 0.229 e. The molecule has 0 N–H and O–H groups in total. The summed E-state index contributed by atoms with van der Waals surface area (Å²) in [4.78, 5) is 36.3. The fourth-order valence-electron chi connectivity index (χ4n) is 1.83. The molecule has 2 heterocycles. The van der Waals surface area contributed by atoms with Crippen LogP contribution in [0.3, 0.4) is 0 Å². The number of thiophene rings is 1. The second kappa shape index (κ2) is 5.23. The van der Waals surface area contributed by atoms with Gasteiger partial charge in [-0.1, -0.05) is 6.07 Å². The van der Waals surface area contributed by atoms with Crippen LogP contribution in [-0.4, -0.2) is 29.0 Å². The molecule has 1 aliphatic heterocycles. The molecule has 1 fully saturated rings. The minimum atomic E-state index is -0.112. The topological polar surface area (TPSA) is 54.5 Å². The van der Waals surface area contributed by atoms with Crippen molar-refractivity contribution >= 4 is 28.9 Å². The molecule has 0 atom stereocenters. The maximum atomic E-state index is 11.7. The summed E-state index contributed by atoms with van der Waals surface area (Å²) in [6, 6.07) is 3.63. The van der Waals surface area contributed by atoms with Gasteiger partial charge in [-0.15, -0.1) is 11.3 Å². The van der Waals surface area contributed by atoms with Crippen molar-refractivity contribution in [3.63, 3.8) is 0 Å². The molecule has 0 aliphatic carbocycles. The molecule has 0 spiro atoms. The van der Waals surface area contributed by atoms with E-state index in [1.807, 2.05) is 11.4 Å². The second-order valence-electron chi connectivity index (χ2n) is 3.94. The highest BCUT2D eigenvalue weighted by Crippen LogP contribution is 2.15. The van der Waals surface area contributed by atoms with Crippen LogP contribution in [0.2, 0.25) is 0 Å². The normalized spacial score (nSPS) is 15.6. The van der Waals surface area contributed by atoms with Crippen LogP contribution < -0.4 is 0 Å². The van der Waals surface area contributed by atoms with E-state index in [0.717, 1.165) is 4.88 Å². The summed E-state index contributed by atoms with van der Waals surface area (Å²) in [6.07, 6.45) is 1.57. The quantitative estimate of drug-likeness (QED) is 0.593. The van der Waals surface area contributed by atoms with Crippen molar-refractivity contribution in [2.75, 3.05) is 6.54 Å². The molecule has 0 bridgehead atoms. The molecule has 4 nitrogen and oxygen atoms in total. The molecule has 0 unspecified atom stereocenters. The Hall–Kier alpha value is -1.49. The first-order valence-corrected chi connectivity index (χ1v) is 6.46. The molecule has 0 saturated carbocycles. The Morgan fingerprint density at radius 3 is 2.59 bits per heavy atom. The Labute approximate surface area is 103 Å². The van der Waals surface area contributed by atoms with E-state index in [1.165, 1.54) is 16.2 Å². The molecule has 1 saturated heterocycles. The van der Waals surface area contributed by atoms with Crippen molar-refractivity contribution in [3.05, 3.63) is 22.4 Å². The number of Topliss-reactive ketones (excluding diaryl/α,β-unsaturated/α-hetero) is 1. The van der Waals surface area contributed by atoms with E-state index in [1.54, 1.807) is 6.07 Å². The summed E-state index contributed by atoms with van der Waals surface area (Å²) in [5.41, 5.74) is 0. The molecular formula is C12H13NO3S. The van der Waals surface area contributed by atoms with Gasteiger partial charge in [0.25, 0.3) is 0 Å². The molecule has 1 aromatic heterocycles. The van der Waals surface area contributed by atoms with Crippen LogP contribution in [0.5, 0.6) is 0 Å². The van der Waals surface area contributed by atoms with E-state index < -0.39 is 0 Å². The first kappa shape index (κ1) is 12.0. The van der Waals surface area contributed by atoms with Crippen LogP contribution in [0, 0.1) is 0 Å². The fraction of sp³-hybridized carbons (Fsp3) is 0.417. The summed E-state index contributed by atoms with van der Waals surface area (Å²) in [5.74, 6) is -0.142. The van der Waals surface area contributed by atoms with Crippen molar-refractivity contribution in [3.8, 4) is 0 Å². The number of imide groups is 1. The van der Waals surface area contributed by atoms with Crippen LogP contribution in [0.1, 0.15) is 35.4 Å². The summed E-state index contributed by atoms with van der Waals surface area (Å²) in [7, 11) is 0. The summed E-state index contributed by atoms with van der Waals surface area (Å²) in [6.45, 7) is 0.370. The second-order valence-corrected chi connectivity index (χ2v) is 4.89. The van der Waals surface area contributed by atoms with Crippen molar-refractivity contribution in [1.82, 2.24) is 4.90 Å². The minimum Gasteiger partial charge on any atom is -0.293 e. The zero-order chi connectivity index (χ0) is 12.3. The third kappa shape index (κ3) is 2.79. The van der Waals surface area contributed by atoms with Gasteiger partial charge in [0.05, 0.1) is 4.88 Å². The van der Waals surface area contributed by atoms with Crippen LogP contribution in [0.4, 0.5) is 0 Å². The molecule has 2 amide bonds. The third-order valence-corrected chi connectivity index (χ3v) is 3.65. The van der Waals surface area contributed by atoms with E-state index in [2.05, 4.69) is 0 Å². The molecule has 0 aromatic carbocycles. The number of nitrogens with zero attached hydrogens (tertiary/aromatic N) is 1. The number of ketones is 1. The standard InChI is InChI=1S/C12H13NO3S/c14-9(10-4-2-8-17-10)3-1-7-13-11(15)5-6-12(13)16/h2,4,8H,1,3,5-7H2. The van der Waals surface area contributed by atoms with Gasteiger partial charge in [0, 0.05) is 25.8 Å². The number of rotatable bonds is 5. The zero-order valence-corrected chi connectivity index (χ0v) is 10.2. The number of carbonyl (C=O) groups excluding carboxylic acids is 3. The molecular weight excluding hydrogens is 238 g/mol. The molecule has 17 heavy (non-hydrogen) atoms. The molecule has 1 aliphatic rings. The highest BCUT2D eigenvalue weighted by molar-refractivity contribution is 7.12. The molecule has 90 valence electrons. The number of hydrogen-bond acceptors (Lipinski definition) is 4. The molecule has 0 radical (unpaired) electrons. The molecule has 2 rings (SSSR count). The van der Waals surface area contributed by atoms with Crippen molar-refractivity contribution in [1.29, 1.82) is 0 Å². The Morgan fingerprint density at radius 1 is 1.29 bits per heavy atom. The number of hydrogen-bond donors (Lipinski definition) is 0. The lowest BCUT2D eigenvalue weighted by Crippen LogP contribution is -2.30. The predicted molar refractivity (Wildman–Crippen MR) is 63.8 cm³/mol. The number of carbonyl (C=O) groups is 3. The lowest BCUT2D eigenvalue weighted by molar-refractivity contribution is -0.138. The Balaban J connectivity index is 1.78. The average molecular weight is 251 g/mol. The van der Waals surface area contributed by atoms with Gasteiger partial charge in [-0.2, -0.15) is 0 Å². The van der Waals surface area contributed by atoms with Crippen molar-refractivity contribution in [2.24, 2.45) is 0 Å². The van der Waals surface area contributed by atoms with Crippen LogP contribution in [0.25, 0.3) is 0 Å². The SMILES string of the molecule is O=C(CCCN1C(=O)CCC1=O)c1cccs1. The summed E-state index contributed by atoms with van der Waals surface area (Å²) < 4.78 is 0. The van der Waals surface area contributed by atoms with Crippen molar-refractivity contribution < 1.29 is 14.4 Å². The van der Waals surface area contributed by atoms with Gasteiger partial charge in [-0.05, 0) is 17.9 Å². The number of likely N-dealkylation sites (tertiary alicyclic amines) is 1. The first-order valence-electron chi connectivity index (χ1n) is 5.58. The first-order chi connectivity index (χ1) is 8.18. The van der Waals surface area contributed by atoms with E-state index in [0.29, 0.717) is 32.2 Å². The van der Waals surface area contributed by atoms with Crippen molar-refractivity contribution in [2.45, 2.75) is 25.7 Å². The van der Waals surface area contributed by atoms with Crippen LogP contribution in [0.15, 0.2) is 17.5 Å². The number of amides is 2. The average Bonchev–Trinajstić information content (AvgIpc) is 2.93. The Morgan fingerprint density at radius 2 is 2.00 bits per heavy atom. The van der Waals surface area contributed by atoms with Gasteiger partial charge in [-0.3, -0.25) is 19.3 Å². The Kier molecular flexibility index (Phi) is 3.68. The lowest BCUT2D eigenvalue weighted by Gasteiger charge is -2.12. The summed E-state index contributed by atoms with van der Waals surface area (Å²) >= 11 is 1.42. The van der Waals surface area contributed by atoms with E-state index in [4.69, 9.17) is 0 Å². The maximum Gasteiger partial charge on any atom is 0.229 e. The summed E-state index contributed by atoms with van der Waals surface area (Å²) in [5, 5.41) is 1.86. The van der Waals surface area contributed by atoms with Gasteiger partial charge >= 0.3 is 0 Å². The predicted octanol–water partition coefficient (Wildman–Crippen LogP) is 1.86. The monoisotopic (exact) mass is 251 g/mol.